The maximum absolute atomic E-state index is 5.09. The predicted octanol–water partition coefficient (Wildman–Crippen LogP) is 11.1. The molecule has 0 fully saturated rings. The van der Waals surface area contributed by atoms with Crippen molar-refractivity contribution in [2.45, 2.75) is 141 Å². The Labute approximate surface area is 240 Å². The number of benzene rings is 2. The van der Waals surface area contributed by atoms with Crippen molar-refractivity contribution in [2.24, 2.45) is 0 Å². The van der Waals surface area contributed by atoms with Gasteiger partial charge >= 0.3 is 0 Å². The molecule has 0 aliphatic carbocycles. The van der Waals surface area contributed by atoms with E-state index in [2.05, 4.69) is 98.4 Å². The van der Waals surface area contributed by atoms with Gasteiger partial charge in [-0.05, 0) is 30.4 Å². The van der Waals surface area contributed by atoms with Gasteiger partial charge in [0.25, 0.3) is 0 Å². The van der Waals surface area contributed by atoms with Gasteiger partial charge in [-0.2, -0.15) is 0 Å². The lowest BCUT2D eigenvalue weighted by molar-refractivity contribution is 0.321. The molecule has 2 aromatic carbocycles. The van der Waals surface area contributed by atoms with Gasteiger partial charge < -0.3 is 4.57 Å². The minimum absolute atomic E-state index is 0.0198. The molecule has 2 nitrogen and oxygen atoms in total. The molecule has 3 rings (SSSR count). The van der Waals surface area contributed by atoms with Crippen LogP contribution in [0, 0.1) is 0 Å². The highest BCUT2D eigenvalue weighted by atomic mass is 15.1. The van der Waals surface area contributed by atoms with Gasteiger partial charge in [-0.1, -0.05) is 165 Å². The summed E-state index contributed by atoms with van der Waals surface area (Å²) in [6, 6.07) is 22.4. The molecule has 0 N–H and O–H groups in total. The van der Waals surface area contributed by atoms with Gasteiger partial charge in [0.05, 0.1) is 0 Å². The van der Waals surface area contributed by atoms with E-state index >= 15 is 0 Å². The van der Waals surface area contributed by atoms with E-state index in [1.807, 2.05) is 0 Å². The lowest BCUT2D eigenvalue weighted by atomic mass is 9.66. The Morgan fingerprint density at radius 1 is 0.667 bits per heavy atom. The number of unbranched alkanes of at least 4 members (excludes halogenated alkanes) is 12. The molecular weight excluding hydrogens is 472 g/mol. The van der Waals surface area contributed by atoms with Crippen LogP contribution in [0.15, 0.2) is 73.1 Å². The summed E-state index contributed by atoms with van der Waals surface area (Å²) in [6.45, 7) is 8.20. The van der Waals surface area contributed by atoms with Crippen molar-refractivity contribution in [3.63, 3.8) is 0 Å². The summed E-state index contributed by atoms with van der Waals surface area (Å²) in [6.07, 6.45) is 25.4. The van der Waals surface area contributed by atoms with Crippen molar-refractivity contribution < 1.29 is 0 Å². The Morgan fingerprint density at radius 3 is 1.82 bits per heavy atom. The molecule has 0 radical (unpaired) electrons. The summed E-state index contributed by atoms with van der Waals surface area (Å²) in [7, 11) is 0. The summed E-state index contributed by atoms with van der Waals surface area (Å²) in [5.74, 6) is 1.68. The van der Waals surface area contributed by atoms with Crippen LogP contribution in [-0.2, 0) is 18.4 Å². The van der Waals surface area contributed by atoms with E-state index in [-0.39, 0.29) is 5.41 Å². The van der Waals surface area contributed by atoms with Crippen LogP contribution in [0.3, 0.4) is 0 Å². The molecular formula is C37H56N2. The zero-order chi connectivity index (χ0) is 27.6. The molecule has 3 aromatic rings. The average Bonchev–Trinajstić information content (AvgIpc) is 3.43. The minimum atomic E-state index is -0.0198. The van der Waals surface area contributed by atoms with E-state index in [1.54, 1.807) is 0 Å². The molecule has 0 saturated carbocycles. The highest BCUT2D eigenvalue weighted by Crippen LogP contribution is 2.44. The smallest absolute Gasteiger partial charge is 0.112 e. The van der Waals surface area contributed by atoms with Crippen molar-refractivity contribution in [1.29, 1.82) is 0 Å². The fraction of sp³-hybridized carbons (Fsp3) is 0.595. The van der Waals surface area contributed by atoms with Crippen molar-refractivity contribution in [3.8, 4) is 0 Å². The Balaban J connectivity index is 1.81. The number of aromatic nitrogens is 2. The first-order valence-electron chi connectivity index (χ1n) is 16.3. The third-order valence-corrected chi connectivity index (χ3v) is 8.77. The Kier molecular flexibility index (Phi) is 14.5. The van der Waals surface area contributed by atoms with E-state index in [0.29, 0.717) is 5.92 Å². The fourth-order valence-electron chi connectivity index (χ4n) is 6.36. The van der Waals surface area contributed by atoms with Gasteiger partial charge in [0, 0.05) is 30.3 Å². The summed E-state index contributed by atoms with van der Waals surface area (Å²) >= 11 is 0. The van der Waals surface area contributed by atoms with E-state index in [9.17, 15) is 0 Å². The zero-order valence-corrected chi connectivity index (χ0v) is 25.4. The highest BCUT2D eigenvalue weighted by Gasteiger charge is 2.39. The van der Waals surface area contributed by atoms with Gasteiger partial charge in [0.1, 0.15) is 5.82 Å². The lowest BCUT2D eigenvalue weighted by Gasteiger charge is -2.39. The number of hydrogen-bond donors (Lipinski definition) is 0. The van der Waals surface area contributed by atoms with Crippen LogP contribution in [0.1, 0.15) is 140 Å². The first-order chi connectivity index (χ1) is 19.2. The van der Waals surface area contributed by atoms with E-state index in [4.69, 9.17) is 4.98 Å². The molecule has 0 bridgehead atoms. The quantitative estimate of drug-likeness (QED) is 0.126. The van der Waals surface area contributed by atoms with Crippen molar-refractivity contribution in [2.75, 3.05) is 0 Å². The summed E-state index contributed by atoms with van der Waals surface area (Å²) in [5.41, 5.74) is 2.83. The lowest BCUT2D eigenvalue weighted by Crippen LogP contribution is -2.35. The molecule has 214 valence electrons. The molecule has 1 heterocycles. The Bertz CT molecular complexity index is 993. The van der Waals surface area contributed by atoms with Crippen LogP contribution >= 0.6 is 0 Å². The first-order valence-corrected chi connectivity index (χ1v) is 16.3. The van der Waals surface area contributed by atoms with Crippen LogP contribution in [-0.4, -0.2) is 9.55 Å². The largest absolute Gasteiger partial charge is 0.335 e. The second-order valence-corrected chi connectivity index (χ2v) is 12.0. The summed E-state index contributed by atoms with van der Waals surface area (Å²) < 4.78 is 2.50. The average molecular weight is 529 g/mol. The molecule has 2 unspecified atom stereocenters. The van der Waals surface area contributed by atoms with Crippen LogP contribution in [0.5, 0.6) is 0 Å². The van der Waals surface area contributed by atoms with E-state index < -0.39 is 0 Å². The minimum Gasteiger partial charge on any atom is -0.335 e. The van der Waals surface area contributed by atoms with Crippen molar-refractivity contribution in [3.05, 3.63) is 90.0 Å². The second-order valence-electron chi connectivity index (χ2n) is 12.0. The molecule has 0 amide bonds. The topological polar surface area (TPSA) is 17.8 Å². The molecule has 0 spiro atoms. The van der Waals surface area contributed by atoms with Gasteiger partial charge in [0.15, 0.2) is 0 Å². The number of imidazole rings is 1. The molecule has 0 aliphatic rings. The number of aryl methyl sites for hydroxylation is 1. The maximum Gasteiger partial charge on any atom is 0.112 e. The molecule has 2 atom stereocenters. The molecule has 1 aromatic heterocycles. The van der Waals surface area contributed by atoms with E-state index in [0.717, 1.165) is 13.0 Å². The zero-order valence-electron chi connectivity index (χ0n) is 25.4. The predicted molar refractivity (Wildman–Crippen MR) is 170 cm³/mol. The molecule has 2 heteroatoms. The van der Waals surface area contributed by atoms with Crippen LogP contribution in [0.4, 0.5) is 0 Å². The number of nitrogens with zero attached hydrogens (tertiary/aromatic N) is 2. The van der Waals surface area contributed by atoms with Crippen molar-refractivity contribution >= 4 is 0 Å². The van der Waals surface area contributed by atoms with Crippen molar-refractivity contribution in [1.82, 2.24) is 9.55 Å². The molecule has 39 heavy (non-hydrogen) atoms. The number of hydrogen-bond acceptors (Lipinski definition) is 1. The highest BCUT2D eigenvalue weighted by molar-refractivity contribution is 5.33. The summed E-state index contributed by atoms with van der Waals surface area (Å²) in [5, 5.41) is 0. The third kappa shape index (κ3) is 10.3. The number of rotatable bonds is 21. The van der Waals surface area contributed by atoms with Gasteiger partial charge in [-0.3, -0.25) is 0 Å². The summed E-state index contributed by atoms with van der Waals surface area (Å²) in [4.78, 5) is 5.09. The first kappa shape index (κ1) is 31.2. The SMILES string of the molecule is CCCCCCCCCC(c1nccn1CCCCCCCCC)C(C)(Cc1ccccc1)c1ccccc1. The van der Waals surface area contributed by atoms with Crippen LogP contribution in [0.2, 0.25) is 0 Å². The Hall–Kier alpha value is -2.35. The Morgan fingerprint density at radius 2 is 1.21 bits per heavy atom. The van der Waals surface area contributed by atoms with Gasteiger partial charge in [-0.25, -0.2) is 4.98 Å². The van der Waals surface area contributed by atoms with Crippen LogP contribution in [0.25, 0.3) is 0 Å². The fourth-order valence-corrected chi connectivity index (χ4v) is 6.36. The van der Waals surface area contributed by atoms with Gasteiger partial charge in [-0.15, -0.1) is 0 Å². The molecule has 0 saturated heterocycles. The van der Waals surface area contributed by atoms with Crippen LogP contribution < -0.4 is 0 Å². The normalized spacial score (nSPS) is 13.8. The monoisotopic (exact) mass is 528 g/mol. The second kappa shape index (κ2) is 18.1. The standard InChI is InChI=1S/C37H56N2/c1-4-6-8-10-12-14-22-28-35(36-38-29-31-39(36)30-23-15-13-11-9-7-5-2)37(3,34-26-20-17-21-27-34)32-33-24-18-16-19-25-33/h16-21,24-27,29,31,35H,4-15,22-23,28,30,32H2,1-3H3. The maximum atomic E-state index is 5.09. The van der Waals surface area contributed by atoms with Gasteiger partial charge in [0.2, 0.25) is 0 Å². The van der Waals surface area contributed by atoms with E-state index in [1.165, 1.54) is 113 Å². The molecule has 0 aliphatic heterocycles. The third-order valence-electron chi connectivity index (χ3n) is 8.77.